The fourth-order valence-corrected chi connectivity index (χ4v) is 2.61. The Morgan fingerprint density at radius 2 is 1.61 bits per heavy atom. The van der Waals surface area contributed by atoms with Crippen LogP contribution >= 0.6 is 11.8 Å². The third-order valence-corrected chi connectivity index (χ3v) is 4.34. The molecule has 0 aromatic heterocycles. The molecule has 5 heteroatoms. The van der Waals surface area contributed by atoms with Gasteiger partial charge in [-0.15, -0.1) is 11.8 Å². The summed E-state index contributed by atoms with van der Waals surface area (Å²) in [7, 11) is 0. The maximum atomic E-state index is 11.9. The minimum atomic E-state index is -0.318. The van der Waals surface area contributed by atoms with Gasteiger partial charge in [0.15, 0.2) is 0 Å². The van der Waals surface area contributed by atoms with Crippen molar-refractivity contribution >= 4 is 23.6 Å². The highest BCUT2D eigenvalue weighted by Crippen LogP contribution is 2.17. The Balaban J connectivity index is 1.76. The van der Waals surface area contributed by atoms with Crippen molar-refractivity contribution < 1.29 is 9.59 Å². The number of carbonyl (C=O) groups is 2. The van der Waals surface area contributed by atoms with Crippen LogP contribution in [0.3, 0.4) is 0 Å². The summed E-state index contributed by atoms with van der Waals surface area (Å²) >= 11 is 1.43. The molecule has 0 radical (unpaired) electrons. The van der Waals surface area contributed by atoms with Crippen LogP contribution in [-0.2, 0) is 11.2 Å². The van der Waals surface area contributed by atoms with E-state index in [1.807, 2.05) is 43.3 Å². The molecule has 0 heterocycles. The summed E-state index contributed by atoms with van der Waals surface area (Å²) in [5.41, 5.74) is 7.73. The number of carbonyl (C=O) groups excluding carboxylic acids is 2. The van der Waals surface area contributed by atoms with Crippen LogP contribution in [-0.4, -0.2) is 17.6 Å². The Labute approximate surface area is 140 Å². The van der Waals surface area contributed by atoms with Gasteiger partial charge in [-0.1, -0.05) is 36.8 Å². The van der Waals surface area contributed by atoms with Gasteiger partial charge in [0.05, 0.1) is 5.75 Å². The van der Waals surface area contributed by atoms with E-state index in [-0.39, 0.29) is 17.6 Å². The summed E-state index contributed by atoms with van der Waals surface area (Å²) in [5.74, 6) is -0.312. The topological polar surface area (TPSA) is 58.2 Å². The Kier molecular flexibility index (Phi) is 6.23. The van der Waals surface area contributed by atoms with E-state index in [2.05, 4.69) is 17.8 Å². The van der Waals surface area contributed by atoms with E-state index in [0.29, 0.717) is 5.56 Å². The maximum absolute atomic E-state index is 11.9. The summed E-state index contributed by atoms with van der Waals surface area (Å²) < 4.78 is 0. The molecule has 0 fully saturated rings. The van der Waals surface area contributed by atoms with Crippen molar-refractivity contribution in [1.82, 2.24) is 10.9 Å². The zero-order valence-electron chi connectivity index (χ0n) is 13.3. The molecular formula is C18H20N2O2S. The summed E-state index contributed by atoms with van der Waals surface area (Å²) in [5, 5.41) is 0. The number of hydrogen-bond donors (Lipinski definition) is 2. The van der Waals surface area contributed by atoms with Crippen molar-refractivity contribution in [3.05, 3.63) is 65.2 Å². The molecule has 2 aromatic rings. The number of thioether (sulfide) groups is 1. The second-order valence-electron chi connectivity index (χ2n) is 5.15. The number of aryl methyl sites for hydroxylation is 2. The normalized spacial score (nSPS) is 10.2. The molecule has 0 spiro atoms. The summed E-state index contributed by atoms with van der Waals surface area (Å²) in [6.07, 6.45) is 0.925. The minimum absolute atomic E-state index is 0.242. The van der Waals surface area contributed by atoms with Crippen molar-refractivity contribution in [2.24, 2.45) is 0 Å². The Hall–Kier alpha value is -2.27. The Morgan fingerprint density at radius 3 is 2.22 bits per heavy atom. The standard InChI is InChI=1S/C18H20N2O2S/c1-3-14-6-8-15(9-7-14)18(22)20-19-17(21)12-23-16-10-4-13(2)5-11-16/h4-11H,3,12H2,1-2H3,(H,19,21)(H,20,22). The van der Waals surface area contributed by atoms with Crippen LogP contribution in [0.25, 0.3) is 0 Å². The predicted octanol–water partition coefficient (Wildman–Crippen LogP) is 3.11. The monoisotopic (exact) mass is 328 g/mol. The molecule has 0 aliphatic carbocycles. The van der Waals surface area contributed by atoms with Gasteiger partial charge in [0.25, 0.3) is 5.91 Å². The lowest BCUT2D eigenvalue weighted by atomic mass is 10.1. The fraction of sp³-hybridized carbons (Fsp3) is 0.222. The first-order chi connectivity index (χ1) is 11.1. The maximum Gasteiger partial charge on any atom is 0.269 e. The van der Waals surface area contributed by atoms with Gasteiger partial charge < -0.3 is 0 Å². The van der Waals surface area contributed by atoms with E-state index in [1.165, 1.54) is 22.9 Å². The van der Waals surface area contributed by atoms with Crippen molar-refractivity contribution in [3.63, 3.8) is 0 Å². The van der Waals surface area contributed by atoms with Crippen molar-refractivity contribution in [2.45, 2.75) is 25.2 Å². The molecule has 0 aliphatic rings. The van der Waals surface area contributed by atoms with Crippen LogP contribution in [0.4, 0.5) is 0 Å². The van der Waals surface area contributed by atoms with Crippen LogP contribution < -0.4 is 10.9 Å². The highest BCUT2D eigenvalue weighted by molar-refractivity contribution is 8.00. The average Bonchev–Trinajstić information content (AvgIpc) is 2.59. The summed E-state index contributed by atoms with van der Waals surface area (Å²) in [6.45, 7) is 4.07. The molecule has 2 aromatic carbocycles. The highest BCUT2D eigenvalue weighted by atomic mass is 32.2. The van der Waals surface area contributed by atoms with Crippen molar-refractivity contribution in [2.75, 3.05) is 5.75 Å². The van der Waals surface area contributed by atoms with Crippen molar-refractivity contribution in [3.8, 4) is 0 Å². The van der Waals surface area contributed by atoms with Crippen LogP contribution in [0.2, 0.25) is 0 Å². The van der Waals surface area contributed by atoms with Gasteiger partial charge >= 0.3 is 0 Å². The quantitative estimate of drug-likeness (QED) is 0.655. The Bertz CT molecular complexity index is 666. The van der Waals surface area contributed by atoms with E-state index < -0.39 is 0 Å². The van der Waals surface area contributed by atoms with Gasteiger partial charge in [-0.2, -0.15) is 0 Å². The lowest BCUT2D eigenvalue weighted by Crippen LogP contribution is -2.42. The number of amides is 2. The number of nitrogens with one attached hydrogen (secondary N) is 2. The molecule has 23 heavy (non-hydrogen) atoms. The first-order valence-corrected chi connectivity index (χ1v) is 8.44. The molecule has 0 saturated carbocycles. The zero-order chi connectivity index (χ0) is 16.7. The van der Waals surface area contributed by atoms with Gasteiger partial charge in [-0.05, 0) is 43.2 Å². The van der Waals surface area contributed by atoms with Crippen LogP contribution in [0.5, 0.6) is 0 Å². The smallest absolute Gasteiger partial charge is 0.269 e. The predicted molar refractivity (Wildman–Crippen MR) is 93.3 cm³/mol. The highest BCUT2D eigenvalue weighted by Gasteiger charge is 2.07. The molecule has 0 atom stereocenters. The number of rotatable bonds is 5. The molecule has 0 unspecified atom stereocenters. The molecular weight excluding hydrogens is 308 g/mol. The molecule has 2 amide bonds. The van der Waals surface area contributed by atoms with Gasteiger partial charge in [0, 0.05) is 10.5 Å². The largest absolute Gasteiger partial charge is 0.272 e. The zero-order valence-corrected chi connectivity index (χ0v) is 14.1. The molecule has 2 N–H and O–H groups in total. The SMILES string of the molecule is CCc1ccc(C(=O)NNC(=O)CSc2ccc(C)cc2)cc1. The third kappa shape index (κ3) is 5.45. The van der Waals surface area contributed by atoms with Crippen molar-refractivity contribution in [1.29, 1.82) is 0 Å². The fourth-order valence-electron chi connectivity index (χ4n) is 1.91. The van der Waals surface area contributed by atoms with E-state index in [9.17, 15) is 9.59 Å². The third-order valence-electron chi connectivity index (χ3n) is 3.33. The van der Waals surface area contributed by atoms with Crippen LogP contribution in [0.15, 0.2) is 53.4 Å². The van der Waals surface area contributed by atoms with E-state index >= 15 is 0 Å². The summed E-state index contributed by atoms with van der Waals surface area (Å²) in [4.78, 5) is 24.7. The summed E-state index contributed by atoms with van der Waals surface area (Å²) in [6, 6.07) is 15.3. The first kappa shape index (κ1) is 17.1. The van der Waals surface area contributed by atoms with Crippen LogP contribution in [0, 0.1) is 6.92 Å². The number of benzene rings is 2. The molecule has 0 saturated heterocycles. The van der Waals surface area contributed by atoms with E-state index in [0.717, 1.165) is 11.3 Å². The average molecular weight is 328 g/mol. The van der Waals surface area contributed by atoms with Gasteiger partial charge in [0.2, 0.25) is 5.91 Å². The van der Waals surface area contributed by atoms with E-state index in [4.69, 9.17) is 0 Å². The van der Waals surface area contributed by atoms with Gasteiger partial charge in [-0.3, -0.25) is 20.4 Å². The first-order valence-electron chi connectivity index (χ1n) is 7.46. The molecule has 0 bridgehead atoms. The molecule has 120 valence electrons. The second-order valence-corrected chi connectivity index (χ2v) is 6.20. The molecule has 2 rings (SSSR count). The minimum Gasteiger partial charge on any atom is -0.272 e. The van der Waals surface area contributed by atoms with E-state index in [1.54, 1.807) is 12.1 Å². The molecule has 0 aliphatic heterocycles. The Morgan fingerprint density at radius 1 is 0.957 bits per heavy atom. The lowest BCUT2D eigenvalue weighted by Gasteiger charge is -2.08. The second kappa shape index (κ2) is 8.39. The van der Waals surface area contributed by atoms with Gasteiger partial charge in [-0.25, -0.2) is 0 Å². The van der Waals surface area contributed by atoms with Crippen LogP contribution in [0.1, 0.15) is 28.4 Å². The molecule has 4 nitrogen and oxygen atoms in total. The lowest BCUT2D eigenvalue weighted by molar-refractivity contribution is -0.119. The number of hydrazine groups is 1. The number of hydrogen-bond acceptors (Lipinski definition) is 3. The van der Waals surface area contributed by atoms with Gasteiger partial charge in [0.1, 0.15) is 0 Å².